The first kappa shape index (κ1) is 22.3. The Morgan fingerprint density at radius 2 is 2.14 bits per heavy atom. The van der Waals surface area contributed by atoms with E-state index in [0.717, 1.165) is 43.7 Å². The summed E-state index contributed by atoms with van der Waals surface area (Å²) < 4.78 is 0. The molecule has 1 rings (SSSR count). The fourth-order valence-electron chi connectivity index (χ4n) is 2.71. The maximum absolute atomic E-state index is 9.18. The number of nitrogens with zero attached hydrogens (tertiary/aromatic N) is 1. The molecule has 1 aliphatic heterocycles. The number of aliphatic hydroxyl groups is 1. The molecule has 0 radical (unpaired) electrons. The summed E-state index contributed by atoms with van der Waals surface area (Å²) in [5, 5.41) is 16.7. The van der Waals surface area contributed by atoms with E-state index < -0.39 is 0 Å². The van der Waals surface area contributed by atoms with Crippen LogP contribution in [-0.2, 0) is 0 Å². The number of aliphatic hydroxyl groups excluding tert-OH is 1. The lowest BCUT2D eigenvalue weighted by atomic mass is 9.94. The SMILES string of the molecule is CCNC(=NCC(CCO)CC(C)C)NCC1CCCS1.I. The van der Waals surface area contributed by atoms with Gasteiger partial charge in [-0.1, -0.05) is 13.8 Å². The zero-order chi connectivity index (χ0) is 15.5. The van der Waals surface area contributed by atoms with Crippen molar-refractivity contribution in [1.82, 2.24) is 10.6 Å². The lowest BCUT2D eigenvalue weighted by molar-refractivity contribution is 0.245. The number of hydrogen-bond acceptors (Lipinski definition) is 3. The molecule has 0 aromatic carbocycles. The second-order valence-electron chi connectivity index (χ2n) is 6.24. The van der Waals surface area contributed by atoms with Crippen LogP contribution in [0.1, 0.15) is 46.5 Å². The van der Waals surface area contributed by atoms with Gasteiger partial charge in [0.25, 0.3) is 0 Å². The van der Waals surface area contributed by atoms with Gasteiger partial charge in [0.05, 0.1) is 0 Å². The molecule has 2 unspecified atom stereocenters. The van der Waals surface area contributed by atoms with E-state index in [0.29, 0.717) is 11.8 Å². The van der Waals surface area contributed by atoms with Gasteiger partial charge in [-0.05, 0) is 50.2 Å². The summed E-state index contributed by atoms with van der Waals surface area (Å²) >= 11 is 2.07. The zero-order valence-corrected chi connectivity index (χ0v) is 17.5. The minimum Gasteiger partial charge on any atom is -0.396 e. The number of halogens is 1. The fraction of sp³-hybridized carbons (Fsp3) is 0.938. The van der Waals surface area contributed by atoms with Crippen molar-refractivity contribution in [3.05, 3.63) is 0 Å². The molecule has 22 heavy (non-hydrogen) atoms. The van der Waals surface area contributed by atoms with Crippen LogP contribution in [0.15, 0.2) is 4.99 Å². The normalized spacial score (nSPS) is 19.9. The summed E-state index contributed by atoms with van der Waals surface area (Å²) in [4.78, 5) is 4.72. The van der Waals surface area contributed by atoms with Crippen LogP contribution in [0.5, 0.6) is 0 Å². The van der Waals surface area contributed by atoms with E-state index in [9.17, 15) is 5.11 Å². The predicted octanol–water partition coefficient (Wildman–Crippen LogP) is 3.10. The van der Waals surface area contributed by atoms with Crippen LogP contribution in [0.3, 0.4) is 0 Å². The van der Waals surface area contributed by atoms with Gasteiger partial charge in [0.15, 0.2) is 5.96 Å². The molecular formula is C16H34IN3OS. The van der Waals surface area contributed by atoms with Gasteiger partial charge in [-0.3, -0.25) is 4.99 Å². The molecule has 132 valence electrons. The second-order valence-corrected chi connectivity index (χ2v) is 7.65. The first-order valence-corrected chi connectivity index (χ1v) is 9.45. The van der Waals surface area contributed by atoms with E-state index >= 15 is 0 Å². The summed E-state index contributed by atoms with van der Waals surface area (Å²) in [5.41, 5.74) is 0. The molecule has 2 atom stereocenters. The minimum atomic E-state index is 0. The molecule has 0 saturated carbocycles. The Bertz CT molecular complexity index is 297. The quantitative estimate of drug-likeness (QED) is 0.291. The standard InChI is InChI=1S/C16H33N3OS.HI/c1-4-17-16(19-12-15-6-5-9-21-15)18-11-14(7-8-20)10-13(2)3;/h13-15,20H,4-12H2,1-3H3,(H2,17,18,19);1H. The lowest BCUT2D eigenvalue weighted by Gasteiger charge is -2.18. The first-order valence-electron chi connectivity index (χ1n) is 8.40. The maximum Gasteiger partial charge on any atom is 0.191 e. The molecule has 0 aliphatic carbocycles. The smallest absolute Gasteiger partial charge is 0.191 e. The largest absolute Gasteiger partial charge is 0.396 e. The first-order chi connectivity index (χ1) is 10.2. The highest BCUT2D eigenvalue weighted by Crippen LogP contribution is 2.25. The Balaban J connectivity index is 0.00000441. The van der Waals surface area contributed by atoms with Gasteiger partial charge in [-0.15, -0.1) is 24.0 Å². The predicted molar refractivity (Wildman–Crippen MR) is 110 cm³/mol. The van der Waals surface area contributed by atoms with Crippen LogP contribution in [0.25, 0.3) is 0 Å². The van der Waals surface area contributed by atoms with Gasteiger partial charge in [0, 0.05) is 31.5 Å². The van der Waals surface area contributed by atoms with Gasteiger partial charge in [0.1, 0.15) is 0 Å². The van der Waals surface area contributed by atoms with Crippen molar-refractivity contribution in [2.75, 3.05) is 32.0 Å². The number of guanidine groups is 1. The second kappa shape index (κ2) is 13.7. The van der Waals surface area contributed by atoms with Crippen LogP contribution >= 0.6 is 35.7 Å². The third-order valence-corrected chi connectivity index (χ3v) is 5.11. The van der Waals surface area contributed by atoms with Crippen molar-refractivity contribution in [2.45, 2.75) is 51.7 Å². The molecule has 1 saturated heterocycles. The Kier molecular flexibility index (Phi) is 13.9. The van der Waals surface area contributed by atoms with E-state index in [1.54, 1.807) is 0 Å². The Hall–Kier alpha value is 0.310. The van der Waals surface area contributed by atoms with Crippen molar-refractivity contribution in [2.24, 2.45) is 16.8 Å². The fourth-order valence-corrected chi connectivity index (χ4v) is 3.91. The lowest BCUT2D eigenvalue weighted by Crippen LogP contribution is -2.40. The summed E-state index contributed by atoms with van der Waals surface area (Å²) in [6.07, 6.45) is 4.64. The molecule has 0 bridgehead atoms. The molecular weight excluding hydrogens is 409 g/mol. The van der Waals surface area contributed by atoms with Gasteiger partial charge in [-0.25, -0.2) is 0 Å². The summed E-state index contributed by atoms with van der Waals surface area (Å²) in [5.74, 6) is 3.36. The van der Waals surface area contributed by atoms with Gasteiger partial charge in [-0.2, -0.15) is 11.8 Å². The molecule has 6 heteroatoms. The third-order valence-electron chi connectivity index (χ3n) is 3.72. The van der Waals surface area contributed by atoms with Gasteiger partial charge >= 0.3 is 0 Å². The van der Waals surface area contributed by atoms with Crippen LogP contribution < -0.4 is 10.6 Å². The highest BCUT2D eigenvalue weighted by molar-refractivity contribution is 14.0. The van der Waals surface area contributed by atoms with Crippen molar-refractivity contribution < 1.29 is 5.11 Å². The van der Waals surface area contributed by atoms with E-state index in [2.05, 4.69) is 43.2 Å². The van der Waals surface area contributed by atoms with Crippen molar-refractivity contribution in [3.63, 3.8) is 0 Å². The van der Waals surface area contributed by atoms with Crippen LogP contribution in [-0.4, -0.2) is 48.3 Å². The van der Waals surface area contributed by atoms with E-state index in [-0.39, 0.29) is 30.6 Å². The average Bonchev–Trinajstić information content (AvgIpc) is 2.94. The molecule has 1 aliphatic rings. The maximum atomic E-state index is 9.18. The van der Waals surface area contributed by atoms with Crippen LogP contribution in [0.2, 0.25) is 0 Å². The van der Waals surface area contributed by atoms with E-state index in [1.807, 2.05) is 0 Å². The highest BCUT2D eigenvalue weighted by Gasteiger charge is 2.16. The number of nitrogens with one attached hydrogen (secondary N) is 2. The number of aliphatic imine (C=N–C) groups is 1. The zero-order valence-electron chi connectivity index (χ0n) is 14.3. The van der Waals surface area contributed by atoms with Crippen molar-refractivity contribution >= 4 is 41.7 Å². The molecule has 3 N–H and O–H groups in total. The molecule has 0 spiro atoms. The summed E-state index contributed by atoms with van der Waals surface area (Å²) in [6, 6.07) is 0. The Morgan fingerprint density at radius 1 is 1.36 bits per heavy atom. The van der Waals surface area contributed by atoms with Gasteiger partial charge in [0.2, 0.25) is 0 Å². The monoisotopic (exact) mass is 443 g/mol. The molecule has 1 heterocycles. The van der Waals surface area contributed by atoms with Crippen LogP contribution in [0, 0.1) is 11.8 Å². The Morgan fingerprint density at radius 3 is 2.68 bits per heavy atom. The molecule has 0 aromatic heterocycles. The van der Waals surface area contributed by atoms with E-state index in [4.69, 9.17) is 4.99 Å². The number of hydrogen-bond donors (Lipinski definition) is 3. The molecule has 0 aromatic rings. The summed E-state index contributed by atoms with van der Waals surface area (Å²) in [7, 11) is 0. The molecule has 0 amide bonds. The topological polar surface area (TPSA) is 56.7 Å². The third kappa shape index (κ3) is 10.2. The summed E-state index contributed by atoms with van der Waals surface area (Å²) in [6.45, 7) is 9.51. The molecule has 4 nitrogen and oxygen atoms in total. The highest BCUT2D eigenvalue weighted by atomic mass is 127. The Labute approximate surface area is 157 Å². The minimum absolute atomic E-state index is 0. The average molecular weight is 443 g/mol. The number of rotatable bonds is 9. The number of thioether (sulfide) groups is 1. The van der Waals surface area contributed by atoms with Crippen molar-refractivity contribution in [1.29, 1.82) is 0 Å². The van der Waals surface area contributed by atoms with Crippen molar-refractivity contribution in [3.8, 4) is 0 Å². The van der Waals surface area contributed by atoms with Crippen LogP contribution in [0.4, 0.5) is 0 Å². The molecule has 1 fully saturated rings. The van der Waals surface area contributed by atoms with Gasteiger partial charge < -0.3 is 15.7 Å². The van der Waals surface area contributed by atoms with E-state index in [1.165, 1.54) is 18.6 Å².